The summed E-state index contributed by atoms with van der Waals surface area (Å²) in [4.78, 5) is 8.89. The van der Waals surface area contributed by atoms with Crippen molar-refractivity contribution in [2.45, 2.75) is 221 Å². The molecule has 58 heavy (non-hydrogen) atoms. The molecule has 0 aromatic heterocycles. The van der Waals surface area contributed by atoms with Crippen molar-refractivity contribution in [3.8, 4) is 0 Å². The zero-order valence-electron chi connectivity index (χ0n) is 37.6. The molecule has 3 nitrogen and oxygen atoms in total. The normalized spacial score (nSPS) is 49.3. The van der Waals surface area contributed by atoms with Gasteiger partial charge in [0.15, 0.2) is 0 Å². The van der Waals surface area contributed by atoms with Crippen LogP contribution in [0.3, 0.4) is 0 Å². The first-order valence-corrected chi connectivity index (χ1v) is 29.1. The van der Waals surface area contributed by atoms with E-state index in [9.17, 15) is 0 Å². The van der Waals surface area contributed by atoms with Crippen LogP contribution in [0, 0.1) is 78.1 Å². The van der Waals surface area contributed by atoms with Crippen LogP contribution in [0.2, 0.25) is 0 Å². The molecule has 6 heteroatoms. The van der Waals surface area contributed by atoms with Crippen LogP contribution in [0.15, 0.2) is 0 Å². The molecule has 16 rings (SSSR count). The Labute approximate surface area is 373 Å². The molecule has 16 aliphatic carbocycles. The maximum Gasteiger partial charge on any atom is 0.261 e. The van der Waals surface area contributed by atoms with Crippen LogP contribution in [0.1, 0.15) is 201 Å². The van der Waals surface area contributed by atoms with Gasteiger partial charge in [-0.1, -0.05) is 33.6 Å². The molecule has 0 amide bonds. The van der Waals surface area contributed by atoms with Crippen LogP contribution in [0.25, 0.3) is 5.41 Å². The summed E-state index contributed by atoms with van der Waals surface area (Å²) in [6.07, 6.45) is 50.6. The molecule has 332 valence electrons. The Balaban J connectivity index is 0.000000138. The standard InChI is InChI=1S/2C24H39P.C2H4N.C2H3O2.Pd/c2*1-2-3-4-25(23-11-17-5-18(12-23)7-19(6-17)13-23)24-14-20-8-21(15-24)10-22(9-20)16-24;1-2-3;1-4-2-3;/h2*17-22H,2-16H2,1H3;2H,1H3;2H,1H2;/q;;2*-1;/p+2. The maximum absolute atomic E-state index is 8.89. The first-order valence-electron chi connectivity index (χ1n) is 25.7. The third-order valence-electron chi connectivity index (χ3n) is 20.3. The Bertz CT molecular complexity index is 1070. The van der Waals surface area contributed by atoms with Gasteiger partial charge in [-0.2, -0.15) is 7.11 Å². The molecule has 0 aromatic rings. The van der Waals surface area contributed by atoms with Crippen LogP contribution >= 0.6 is 15.8 Å². The van der Waals surface area contributed by atoms with E-state index in [1.165, 1.54) is 83.9 Å². The van der Waals surface area contributed by atoms with Crippen molar-refractivity contribution < 1.29 is 30.0 Å². The van der Waals surface area contributed by atoms with E-state index < -0.39 is 0 Å². The van der Waals surface area contributed by atoms with Crippen LogP contribution in [-0.4, -0.2) is 45.6 Å². The monoisotopic (exact) mass is 926 g/mol. The molecule has 16 saturated carbocycles. The quantitative estimate of drug-likeness (QED) is 0.0681. The first kappa shape index (κ1) is 45.2. The number of rotatable bonds is 11. The van der Waals surface area contributed by atoms with E-state index in [1.807, 2.05) is 0 Å². The molecule has 0 heterocycles. The number of carbonyl (C=O) groups is 1. The summed E-state index contributed by atoms with van der Waals surface area (Å²) in [5, 5.41) is 11.1. The molecule has 0 saturated heterocycles. The fourth-order valence-corrected chi connectivity index (χ4v) is 33.0. The molecular weight excluding hydrogens is 839 g/mol. The average Bonchev–Trinajstić information content (AvgIpc) is 3.13. The van der Waals surface area contributed by atoms with Crippen molar-refractivity contribution in [1.29, 1.82) is 0 Å². The number of hydrogen-bond acceptors (Lipinski definition) is 2. The summed E-state index contributed by atoms with van der Waals surface area (Å²) in [6.45, 7) is 6.73. The molecular formula is C52H87NO2P2Pd. The Kier molecular flexibility index (Phi) is 14.5. The van der Waals surface area contributed by atoms with Gasteiger partial charge in [-0.05, 0) is 238 Å². The summed E-state index contributed by atoms with van der Waals surface area (Å²) >= 11 is 0. The van der Waals surface area contributed by atoms with Gasteiger partial charge in [-0.15, -0.1) is 0 Å². The second-order valence-electron chi connectivity index (χ2n) is 24.5. The molecule has 0 radical (unpaired) electrons. The second-order valence-corrected chi connectivity index (χ2v) is 31.6. The molecule has 16 bridgehead atoms. The molecule has 0 atom stereocenters. The van der Waals surface area contributed by atoms with E-state index in [0.29, 0.717) is 0 Å². The topological polar surface area (TPSA) is 48.6 Å². The Hall–Kier alpha value is 0.662. The molecule has 0 aromatic carbocycles. The summed E-state index contributed by atoms with van der Waals surface area (Å²) < 4.78 is 3.61. The summed E-state index contributed by atoms with van der Waals surface area (Å²) in [7, 11) is 2.35. The molecule has 0 aliphatic heterocycles. The van der Waals surface area contributed by atoms with Gasteiger partial charge in [0.25, 0.3) is 6.47 Å². The SMILES string of the molecule is CC=[N-].CCCC[PH+](C12CC3CC(CC(C3)C1)C2)C12CC3CC(CC(C3)C1)C2.CCCC[PH+](C12CC3CC(CC(C3)C1)C2)C12CC3CC(CC(C3)C1)C2.[CH2-]OC=O.[Pd]. The largest absolute Gasteiger partial charge is 0.814 e. The molecule has 16 fully saturated rings. The van der Waals surface area contributed by atoms with Gasteiger partial charge >= 0.3 is 0 Å². The van der Waals surface area contributed by atoms with Crippen molar-refractivity contribution in [2.75, 3.05) is 12.3 Å². The predicted molar refractivity (Wildman–Crippen MR) is 247 cm³/mol. The Morgan fingerprint density at radius 3 is 0.759 bits per heavy atom. The van der Waals surface area contributed by atoms with Gasteiger partial charge < -0.3 is 10.1 Å². The Morgan fingerprint density at radius 1 is 0.483 bits per heavy atom. The minimum absolute atomic E-state index is 0. The minimum atomic E-state index is -0.196. The number of unbranched alkanes of at least 4 members (excludes halogenated alkanes) is 2. The van der Waals surface area contributed by atoms with Crippen molar-refractivity contribution in [3.63, 3.8) is 0 Å². The van der Waals surface area contributed by atoms with E-state index in [0.717, 1.165) is 26.8 Å². The average molecular weight is 927 g/mol. The van der Waals surface area contributed by atoms with Gasteiger partial charge in [0.2, 0.25) is 0 Å². The summed E-state index contributed by atoms with van der Waals surface area (Å²) in [6, 6.07) is 0. The van der Waals surface area contributed by atoms with E-state index in [4.69, 9.17) is 10.2 Å². The first-order chi connectivity index (χ1) is 27.7. The van der Waals surface area contributed by atoms with E-state index in [2.05, 4.69) is 25.7 Å². The molecule has 0 N–H and O–H groups in total. The van der Waals surface area contributed by atoms with E-state index >= 15 is 0 Å². The zero-order valence-corrected chi connectivity index (χ0v) is 41.1. The summed E-state index contributed by atoms with van der Waals surface area (Å²) in [5.74, 6) is 14.0. The van der Waals surface area contributed by atoms with Gasteiger partial charge in [0, 0.05) is 36.3 Å². The number of carbonyl (C=O) groups excluding carboxylic acids is 1. The third-order valence-corrected chi connectivity index (χ3v) is 29.6. The van der Waals surface area contributed by atoms with Crippen LogP contribution in [0.5, 0.6) is 0 Å². The van der Waals surface area contributed by atoms with Crippen molar-refractivity contribution in [2.24, 2.45) is 71.0 Å². The maximum atomic E-state index is 8.89. The molecule has 16 aliphatic rings. The van der Waals surface area contributed by atoms with Gasteiger partial charge in [0.05, 0.1) is 32.9 Å². The number of nitrogens with zero attached hydrogens (tertiary/aromatic N) is 1. The molecule has 0 unspecified atom stereocenters. The zero-order chi connectivity index (χ0) is 39.4. The van der Waals surface area contributed by atoms with Gasteiger partial charge in [0.1, 0.15) is 0 Å². The van der Waals surface area contributed by atoms with E-state index in [1.54, 1.807) is 186 Å². The summed E-state index contributed by atoms with van der Waals surface area (Å²) in [5.41, 5.74) is 0. The predicted octanol–water partition coefficient (Wildman–Crippen LogP) is 14.5. The second kappa shape index (κ2) is 18.6. The van der Waals surface area contributed by atoms with Crippen LogP contribution < -0.4 is 0 Å². The third kappa shape index (κ3) is 8.75. The molecule has 0 spiro atoms. The minimum Gasteiger partial charge on any atom is -0.814 e. The number of hydrogen-bond donors (Lipinski definition) is 0. The number of ether oxygens (including phenoxy) is 1. The smallest absolute Gasteiger partial charge is 0.261 e. The van der Waals surface area contributed by atoms with Crippen molar-refractivity contribution in [3.05, 3.63) is 12.5 Å². The van der Waals surface area contributed by atoms with Crippen LogP contribution in [0.4, 0.5) is 0 Å². The van der Waals surface area contributed by atoms with Crippen LogP contribution in [-0.2, 0) is 30.0 Å². The van der Waals surface area contributed by atoms with Gasteiger partial charge in [-0.3, -0.25) is 4.79 Å². The van der Waals surface area contributed by atoms with Crippen molar-refractivity contribution >= 4 is 28.5 Å². The van der Waals surface area contributed by atoms with Gasteiger partial charge in [-0.25, -0.2) is 6.21 Å². The Morgan fingerprint density at radius 2 is 0.638 bits per heavy atom. The van der Waals surface area contributed by atoms with E-state index in [-0.39, 0.29) is 42.7 Å². The fraction of sp³-hybridized carbons (Fsp3) is 0.942. The fourth-order valence-electron chi connectivity index (χ4n) is 20.8. The van der Waals surface area contributed by atoms with Crippen molar-refractivity contribution in [1.82, 2.24) is 0 Å².